The second-order valence-electron chi connectivity index (χ2n) is 7.36. The molecule has 3 aliphatic heterocycles. The fraction of sp³-hybridized carbons (Fsp3) is 1.00. The predicted molar refractivity (Wildman–Crippen MR) is 92.0 cm³/mol. The lowest BCUT2D eigenvalue weighted by Crippen LogP contribution is -2.47. The van der Waals surface area contributed by atoms with Gasteiger partial charge in [0.2, 0.25) is 10.0 Å². The van der Waals surface area contributed by atoms with Gasteiger partial charge in [0.15, 0.2) is 0 Å². The smallest absolute Gasteiger partial charge is 0.217 e. The molecule has 0 amide bonds. The summed E-state index contributed by atoms with van der Waals surface area (Å²) in [6.07, 6.45) is 4.91. The first-order valence-corrected chi connectivity index (χ1v) is 9.92. The van der Waals surface area contributed by atoms with Crippen LogP contribution in [0.1, 0.15) is 39.0 Å². The van der Waals surface area contributed by atoms with E-state index in [0.717, 1.165) is 71.5 Å². The number of likely N-dealkylation sites (tertiary alicyclic amines) is 1. The molecule has 0 aromatic carbocycles. The third-order valence-electron chi connectivity index (χ3n) is 5.44. The van der Waals surface area contributed by atoms with Gasteiger partial charge in [0, 0.05) is 26.2 Å². The SMILES string of the molecule is CC1(CN2CCC(S(=O)(=O)N3CCCC3)CC2)CCNC1.Cl. The molecule has 130 valence electrons. The highest BCUT2D eigenvalue weighted by Crippen LogP contribution is 2.29. The molecule has 3 rings (SSSR count). The Balaban J connectivity index is 0.00000176. The van der Waals surface area contributed by atoms with Crippen molar-refractivity contribution in [3.05, 3.63) is 0 Å². The molecule has 5 nitrogen and oxygen atoms in total. The molecular formula is C15H30ClN3O2S. The summed E-state index contributed by atoms with van der Waals surface area (Å²) < 4.78 is 26.9. The van der Waals surface area contributed by atoms with E-state index in [2.05, 4.69) is 17.1 Å². The van der Waals surface area contributed by atoms with Gasteiger partial charge in [0.1, 0.15) is 0 Å². The van der Waals surface area contributed by atoms with Crippen molar-refractivity contribution in [1.82, 2.24) is 14.5 Å². The van der Waals surface area contributed by atoms with Gasteiger partial charge in [-0.3, -0.25) is 0 Å². The van der Waals surface area contributed by atoms with Gasteiger partial charge in [0.25, 0.3) is 0 Å². The van der Waals surface area contributed by atoms with E-state index in [1.54, 1.807) is 4.31 Å². The van der Waals surface area contributed by atoms with Gasteiger partial charge < -0.3 is 10.2 Å². The quantitative estimate of drug-likeness (QED) is 0.829. The topological polar surface area (TPSA) is 52.7 Å². The molecule has 0 radical (unpaired) electrons. The molecule has 0 aromatic heterocycles. The van der Waals surface area contributed by atoms with Crippen LogP contribution in [0.15, 0.2) is 0 Å². The van der Waals surface area contributed by atoms with Crippen LogP contribution in [-0.4, -0.2) is 68.7 Å². The van der Waals surface area contributed by atoms with Crippen LogP contribution in [0.3, 0.4) is 0 Å². The zero-order valence-electron chi connectivity index (χ0n) is 13.6. The minimum absolute atomic E-state index is 0. The minimum Gasteiger partial charge on any atom is -0.316 e. The molecule has 0 bridgehead atoms. The lowest BCUT2D eigenvalue weighted by Gasteiger charge is -2.37. The van der Waals surface area contributed by atoms with E-state index in [4.69, 9.17) is 0 Å². The van der Waals surface area contributed by atoms with Crippen LogP contribution < -0.4 is 5.32 Å². The summed E-state index contributed by atoms with van der Waals surface area (Å²) >= 11 is 0. The van der Waals surface area contributed by atoms with Crippen molar-refractivity contribution in [3.63, 3.8) is 0 Å². The van der Waals surface area contributed by atoms with Gasteiger partial charge in [-0.15, -0.1) is 12.4 Å². The maximum atomic E-state index is 12.6. The maximum Gasteiger partial charge on any atom is 0.217 e. The van der Waals surface area contributed by atoms with Crippen molar-refractivity contribution < 1.29 is 8.42 Å². The van der Waals surface area contributed by atoms with Gasteiger partial charge in [-0.2, -0.15) is 0 Å². The molecule has 3 heterocycles. The summed E-state index contributed by atoms with van der Waals surface area (Å²) in [6, 6.07) is 0. The van der Waals surface area contributed by atoms with Crippen molar-refractivity contribution in [2.75, 3.05) is 45.8 Å². The van der Waals surface area contributed by atoms with Crippen LogP contribution in [0, 0.1) is 5.41 Å². The molecule has 3 fully saturated rings. The fourth-order valence-corrected chi connectivity index (χ4v) is 6.06. The molecule has 7 heteroatoms. The standard InChI is InChI=1S/C15H29N3O2S.ClH/c1-15(6-7-16-12-15)13-17-10-4-14(5-11-17)21(19,20)18-8-2-3-9-18;/h14,16H,2-13H2,1H3;1H. The van der Waals surface area contributed by atoms with Gasteiger partial charge in [0.05, 0.1) is 5.25 Å². The van der Waals surface area contributed by atoms with E-state index in [1.807, 2.05) is 0 Å². The van der Waals surface area contributed by atoms with E-state index >= 15 is 0 Å². The van der Waals surface area contributed by atoms with Gasteiger partial charge in [-0.05, 0) is 57.2 Å². The summed E-state index contributed by atoms with van der Waals surface area (Å²) in [5.41, 5.74) is 0.376. The molecule has 1 atom stereocenters. The third kappa shape index (κ3) is 3.96. The van der Waals surface area contributed by atoms with Crippen LogP contribution in [0.5, 0.6) is 0 Å². The number of hydrogen-bond acceptors (Lipinski definition) is 4. The van der Waals surface area contributed by atoms with Gasteiger partial charge in [-0.1, -0.05) is 6.92 Å². The summed E-state index contributed by atoms with van der Waals surface area (Å²) in [5.74, 6) is 0. The Kier molecular flexibility index (Phi) is 6.16. The van der Waals surface area contributed by atoms with Gasteiger partial charge in [-0.25, -0.2) is 12.7 Å². The molecule has 0 aliphatic carbocycles. The summed E-state index contributed by atoms with van der Waals surface area (Å²) in [6.45, 7) is 9.03. The van der Waals surface area contributed by atoms with Crippen LogP contribution in [0.4, 0.5) is 0 Å². The number of hydrogen-bond donors (Lipinski definition) is 1. The summed E-state index contributed by atoms with van der Waals surface area (Å²) in [4.78, 5) is 2.48. The first-order valence-electron chi connectivity index (χ1n) is 8.42. The third-order valence-corrected chi connectivity index (χ3v) is 7.84. The molecule has 1 unspecified atom stereocenters. The molecule has 22 heavy (non-hydrogen) atoms. The Hall–Kier alpha value is 0.120. The Morgan fingerprint density at radius 3 is 2.32 bits per heavy atom. The van der Waals surface area contributed by atoms with Crippen molar-refractivity contribution in [2.24, 2.45) is 5.41 Å². The van der Waals surface area contributed by atoms with Crippen molar-refractivity contribution in [3.8, 4) is 0 Å². The number of halogens is 1. The Bertz CT molecular complexity index is 451. The van der Waals surface area contributed by atoms with Crippen molar-refractivity contribution >= 4 is 22.4 Å². The second-order valence-corrected chi connectivity index (χ2v) is 9.58. The Morgan fingerprint density at radius 1 is 1.14 bits per heavy atom. The second kappa shape index (κ2) is 7.34. The summed E-state index contributed by atoms with van der Waals surface area (Å²) in [5, 5.41) is 3.31. The lowest BCUT2D eigenvalue weighted by atomic mass is 9.88. The number of rotatable bonds is 4. The van der Waals surface area contributed by atoms with Crippen molar-refractivity contribution in [2.45, 2.75) is 44.3 Å². The number of nitrogens with zero attached hydrogens (tertiary/aromatic N) is 2. The van der Waals surface area contributed by atoms with Crippen LogP contribution in [-0.2, 0) is 10.0 Å². The first-order chi connectivity index (χ1) is 10.00. The monoisotopic (exact) mass is 351 g/mol. The molecule has 3 saturated heterocycles. The van der Waals surface area contributed by atoms with E-state index in [0.29, 0.717) is 5.41 Å². The minimum atomic E-state index is -3.03. The number of piperidine rings is 1. The molecular weight excluding hydrogens is 322 g/mol. The number of sulfonamides is 1. The average molecular weight is 352 g/mol. The average Bonchev–Trinajstić information content (AvgIpc) is 3.11. The van der Waals surface area contributed by atoms with Crippen LogP contribution in [0.2, 0.25) is 0 Å². The Morgan fingerprint density at radius 2 is 1.77 bits per heavy atom. The fourth-order valence-electron chi connectivity index (χ4n) is 4.06. The number of nitrogens with one attached hydrogen (secondary N) is 1. The highest BCUT2D eigenvalue weighted by Gasteiger charge is 2.37. The van der Waals surface area contributed by atoms with E-state index in [9.17, 15) is 8.42 Å². The van der Waals surface area contributed by atoms with Crippen LogP contribution >= 0.6 is 12.4 Å². The highest BCUT2D eigenvalue weighted by atomic mass is 35.5. The molecule has 0 saturated carbocycles. The summed E-state index contributed by atoms with van der Waals surface area (Å²) in [7, 11) is -3.03. The normalized spacial score (nSPS) is 32.2. The highest BCUT2D eigenvalue weighted by molar-refractivity contribution is 7.89. The molecule has 1 N–H and O–H groups in total. The first kappa shape index (κ1) is 18.5. The maximum absolute atomic E-state index is 12.6. The largest absolute Gasteiger partial charge is 0.316 e. The molecule has 3 aliphatic rings. The van der Waals surface area contributed by atoms with E-state index < -0.39 is 10.0 Å². The van der Waals surface area contributed by atoms with E-state index in [1.165, 1.54) is 6.42 Å². The molecule has 0 aromatic rings. The zero-order valence-corrected chi connectivity index (χ0v) is 15.2. The zero-order chi connectivity index (χ0) is 14.9. The van der Waals surface area contributed by atoms with Crippen LogP contribution in [0.25, 0.3) is 0 Å². The van der Waals surface area contributed by atoms with Gasteiger partial charge >= 0.3 is 0 Å². The van der Waals surface area contributed by atoms with E-state index in [-0.39, 0.29) is 17.7 Å². The molecule has 0 spiro atoms. The Labute approximate surface area is 141 Å². The van der Waals surface area contributed by atoms with Crippen molar-refractivity contribution in [1.29, 1.82) is 0 Å². The lowest BCUT2D eigenvalue weighted by molar-refractivity contribution is 0.153. The predicted octanol–water partition coefficient (Wildman–Crippen LogP) is 1.30.